The third kappa shape index (κ3) is 2.87. The molecule has 1 N–H and O–H groups in total. The van der Waals surface area contributed by atoms with Crippen LogP contribution in [0.4, 0.5) is 0 Å². The minimum absolute atomic E-state index is 0.462. The van der Waals surface area contributed by atoms with Gasteiger partial charge in [-0.2, -0.15) is 5.10 Å². The largest absolute Gasteiger partial charge is 0.389 e. The molecule has 0 aliphatic carbocycles. The van der Waals surface area contributed by atoms with Crippen LogP contribution in [-0.2, 0) is 13.0 Å². The Morgan fingerprint density at radius 1 is 1.16 bits per heavy atom. The highest BCUT2D eigenvalue weighted by Gasteiger charge is 2.15. The summed E-state index contributed by atoms with van der Waals surface area (Å²) >= 11 is 0. The highest BCUT2D eigenvalue weighted by atomic mass is 16.3. The number of rotatable bonds is 4. The predicted molar refractivity (Wildman–Crippen MR) is 77.3 cm³/mol. The molecule has 3 nitrogen and oxygen atoms in total. The molecule has 3 heteroatoms. The van der Waals surface area contributed by atoms with Crippen LogP contribution in [0.5, 0.6) is 0 Å². The highest BCUT2D eigenvalue weighted by molar-refractivity contribution is 5.28. The summed E-state index contributed by atoms with van der Waals surface area (Å²) in [5, 5.41) is 14.3. The van der Waals surface area contributed by atoms with Crippen molar-refractivity contribution in [3.63, 3.8) is 0 Å². The average molecular weight is 258 g/mol. The van der Waals surface area contributed by atoms with Crippen molar-refractivity contribution in [3.8, 4) is 0 Å². The Hall–Kier alpha value is -1.61. The van der Waals surface area contributed by atoms with Crippen molar-refractivity contribution in [3.05, 3.63) is 52.3 Å². The molecule has 1 aromatic heterocycles. The van der Waals surface area contributed by atoms with Crippen molar-refractivity contribution in [2.75, 3.05) is 0 Å². The van der Waals surface area contributed by atoms with Gasteiger partial charge in [0, 0.05) is 11.3 Å². The summed E-state index contributed by atoms with van der Waals surface area (Å²) in [5.41, 5.74) is 5.50. The fourth-order valence-corrected chi connectivity index (χ4v) is 2.52. The van der Waals surface area contributed by atoms with Gasteiger partial charge in [-0.15, -0.1) is 0 Å². The van der Waals surface area contributed by atoms with E-state index in [0.29, 0.717) is 0 Å². The summed E-state index contributed by atoms with van der Waals surface area (Å²) in [5.74, 6) is 0. The van der Waals surface area contributed by atoms with Crippen LogP contribution >= 0.6 is 0 Å². The molecule has 0 radical (unpaired) electrons. The van der Waals surface area contributed by atoms with Crippen molar-refractivity contribution >= 4 is 0 Å². The highest BCUT2D eigenvalue weighted by Crippen LogP contribution is 2.21. The average Bonchev–Trinajstić information content (AvgIpc) is 2.65. The monoisotopic (exact) mass is 258 g/mol. The minimum Gasteiger partial charge on any atom is -0.389 e. The molecule has 2 rings (SSSR count). The Balaban J connectivity index is 2.25. The number of aliphatic hydroxyl groups excluding tert-OH is 1. The zero-order valence-corrected chi connectivity index (χ0v) is 12.1. The summed E-state index contributed by atoms with van der Waals surface area (Å²) in [7, 11) is 0. The van der Waals surface area contributed by atoms with Gasteiger partial charge in [-0.3, -0.25) is 4.68 Å². The van der Waals surface area contributed by atoms with Gasteiger partial charge < -0.3 is 5.11 Å². The Labute approximate surface area is 114 Å². The van der Waals surface area contributed by atoms with Crippen LogP contribution in [0.1, 0.15) is 48.0 Å². The summed E-state index contributed by atoms with van der Waals surface area (Å²) in [4.78, 5) is 0. The zero-order valence-electron chi connectivity index (χ0n) is 12.1. The Bertz CT molecular complexity index is 553. The van der Waals surface area contributed by atoms with Gasteiger partial charge in [0.2, 0.25) is 0 Å². The van der Waals surface area contributed by atoms with Crippen molar-refractivity contribution in [1.82, 2.24) is 9.78 Å². The molecule has 1 unspecified atom stereocenters. The number of aromatic nitrogens is 2. The van der Waals surface area contributed by atoms with Gasteiger partial charge in [-0.05, 0) is 38.3 Å². The van der Waals surface area contributed by atoms with Gasteiger partial charge in [0.15, 0.2) is 0 Å². The lowest BCUT2D eigenvalue weighted by Gasteiger charge is -2.08. The molecular weight excluding hydrogens is 236 g/mol. The summed E-state index contributed by atoms with van der Waals surface area (Å²) < 4.78 is 1.97. The Kier molecular flexibility index (Phi) is 4.05. The zero-order chi connectivity index (χ0) is 14.0. The number of nitrogens with zero attached hydrogens (tertiary/aromatic N) is 2. The second-order valence-electron chi connectivity index (χ2n) is 5.09. The second kappa shape index (κ2) is 5.57. The van der Waals surface area contributed by atoms with Crippen molar-refractivity contribution < 1.29 is 5.11 Å². The molecule has 0 saturated heterocycles. The summed E-state index contributed by atoms with van der Waals surface area (Å²) in [6.45, 7) is 8.67. The van der Waals surface area contributed by atoms with Gasteiger partial charge in [-0.25, -0.2) is 0 Å². The molecule has 102 valence electrons. The van der Waals surface area contributed by atoms with E-state index in [1.807, 2.05) is 18.5 Å². The molecule has 0 fully saturated rings. The van der Waals surface area contributed by atoms with Crippen LogP contribution in [0.2, 0.25) is 0 Å². The maximum atomic E-state index is 9.78. The van der Waals surface area contributed by atoms with Crippen molar-refractivity contribution in [2.45, 2.75) is 46.8 Å². The lowest BCUT2D eigenvalue weighted by Crippen LogP contribution is -2.05. The molecule has 19 heavy (non-hydrogen) atoms. The van der Waals surface area contributed by atoms with E-state index in [1.54, 1.807) is 6.92 Å². The number of benzene rings is 1. The first-order valence-electron chi connectivity index (χ1n) is 6.82. The lowest BCUT2D eigenvalue weighted by atomic mass is 10.1. The smallest absolute Gasteiger partial charge is 0.0797 e. The molecule has 1 heterocycles. The number of hydrogen-bond acceptors (Lipinski definition) is 2. The first kappa shape index (κ1) is 13.8. The molecule has 0 saturated carbocycles. The molecule has 0 bridgehead atoms. The fourth-order valence-electron chi connectivity index (χ4n) is 2.52. The SMILES string of the molecule is CCc1ccc(Cn2nc(C)c(C(C)O)c2C)cc1. The second-order valence-corrected chi connectivity index (χ2v) is 5.09. The van der Waals surface area contributed by atoms with Crippen molar-refractivity contribution in [1.29, 1.82) is 0 Å². The van der Waals surface area contributed by atoms with Gasteiger partial charge in [-0.1, -0.05) is 31.2 Å². The maximum Gasteiger partial charge on any atom is 0.0797 e. The summed E-state index contributed by atoms with van der Waals surface area (Å²) in [6.07, 6.45) is 0.600. The van der Waals surface area contributed by atoms with E-state index in [0.717, 1.165) is 29.9 Å². The van der Waals surface area contributed by atoms with E-state index in [4.69, 9.17) is 0 Å². The molecule has 0 amide bonds. The first-order valence-corrected chi connectivity index (χ1v) is 6.82. The normalized spacial score (nSPS) is 12.7. The van der Waals surface area contributed by atoms with E-state index >= 15 is 0 Å². The van der Waals surface area contributed by atoms with Crippen LogP contribution in [0.15, 0.2) is 24.3 Å². The van der Waals surface area contributed by atoms with Gasteiger partial charge in [0.1, 0.15) is 0 Å². The van der Waals surface area contributed by atoms with Gasteiger partial charge >= 0.3 is 0 Å². The minimum atomic E-state index is -0.462. The molecule has 0 aliphatic rings. The Morgan fingerprint density at radius 2 is 1.74 bits per heavy atom. The standard InChI is InChI=1S/C16H22N2O/c1-5-14-6-8-15(9-7-14)10-18-12(3)16(13(4)19)11(2)17-18/h6-9,13,19H,5,10H2,1-4H3. The fraction of sp³-hybridized carbons (Fsp3) is 0.438. The molecule has 0 spiro atoms. The van der Waals surface area contributed by atoms with Crippen LogP contribution in [0.3, 0.4) is 0 Å². The van der Waals surface area contributed by atoms with Gasteiger partial charge in [0.25, 0.3) is 0 Å². The van der Waals surface area contributed by atoms with Crippen LogP contribution in [-0.4, -0.2) is 14.9 Å². The number of hydrogen-bond donors (Lipinski definition) is 1. The van der Waals surface area contributed by atoms with Crippen LogP contribution in [0.25, 0.3) is 0 Å². The van der Waals surface area contributed by atoms with E-state index in [2.05, 4.69) is 36.3 Å². The van der Waals surface area contributed by atoms with E-state index in [-0.39, 0.29) is 0 Å². The Morgan fingerprint density at radius 3 is 2.21 bits per heavy atom. The molecule has 1 atom stereocenters. The van der Waals surface area contributed by atoms with Crippen LogP contribution < -0.4 is 0 Å². The third-order valence-electron chi connectivity index (χ3n) is 3.62. The van der Waals surface area contributed by atoms with E-state index in [9.17, 15) is 5.11 Å². The predicted octanol–water partition coefficient (Wildman–Crippen LogP) is 3.16. The molecule has 0 aliphatic heterocycles. The maximum absolute atomic E-state index is 9.78. The topological polar surface area (TPSA) is 38.0 Å². The van der Waals surface area contributed by atoms with Crippen molar-refractivity contribution in [2.24, 2.45) is 0 Å². The first-order chi connectivity index (χ1) is 9.02. The summed E-state index contributed by atoms with van der Waals surface area (Å²) in [6, 6.07) is 8.63. The molecule has 1 aromatic carbocycles. The lowest BCUT2D eigenvalue weighted by molar-refractivity contribution is 0.197. The molecule has 2 aromatic rings. The van der Waals surface area contributed by atoms with Gasteiger partial charge in [0.05, 0.1) is 18.3 Å². The third-order valence-corrected chi connectivity index (χ3v) is 3.62. The van der Waals surface area contributed by atoms with E-state index in [1.165, 1.54) is 11.1 Å². The number of aryl methyl sites for hydroxylation is 2. The quantitative estimate of drug-likeness (QED) is 0.914. The number of aliphatic hydroxyl groups is 1. The van der Waals surface area contributed by atoms with Crippen LogP contribution in [0, 0.1) is 13.8 Å². The molecular formula is C16H22N2O. The van der Waals surface area contributed by atoms with E-state index < -0.39 is 6.10 Å².